The summed E-state index contributed by atoms with van der Waals surface area (Å²) in [5, 5.41) is 0. The van der Waals surface area contributed by atoms with Crippen LogP contribution in [0.15, 0.2) is 0 Å². The average molecular weight is 310 g/mol. The van der Waals surface area contributed by atoms with Crippen LogP contribution in [-0.2, 0) is 14.3 Å². The van der Waals surface area contributed by atoms with E-state index in [9.17, 15) is 4.79 Å². The molecule has 1 atom stereocenters. The number of hydrogen-bond acceptors (Lipinski definition) is 4. The molecule has 0 radical (unpaired) electrons. The molecule has 3 saturated heterocycles. The smallest absolute Gasteiger partial charge is 0.223 e. The zero-order chi connectivity index (χ0) is 15.4. The average Bonchev–Trinajstić information content (AvgIpc) is 3.01. The first-order chi connectivity index (χ1) is 10.7. The first kappa shape index (κ1) is 16.2. The van der Waals surface area contributed by atoms with Gasteiger partial charge in [-0.05, 0) is 25.8 Å². The summed E-state index contributed by atoms with van der Waals surface area (Å²) in [4.78, 5) is 17.0. The maximum absolute atomic E-state index is 12.5. The van der Waals surface area contributed by atoms with Gasteiger partial charge in [-0.25, -0.2) is 0 Å². The van der Waals surface area contributed by atoms with Gasteiger partial charge in [0.15, 0.2) is 5.79 Å². The molecule has 3 aliphatic heterocycles. The van der Waals surface area contributed by atoms with E-state index in [0.29, 0.717) is 31.6 Å². The number of likely N-dealkylation sites (tertiary alicyclic amines) is 2. The zero-order valence-corrected chi connectivity index (χ0v) is 13.9. The van der Waals surface area contributed by atoms with Gasteiger partial charge in [0.25, 0.3) is 0 Å². The molecule has 5 nitrogen and oxygen atoms in total. The summed E-state index contributed by atoms with van der Waals surface area (Å²) in [7, 11) is 0. The van der Waals surface area contributed by atoms with Gasteiger partial charge >= 0.3 is 0 Å². The van der Waals surface area contributed by atoms with Gasteiger partial charge in [-0.3, -0.25) is 9.69 Å². The Kier molecular flexibility index (Phi) is 5.37. The molecule has 3 fully saturated rings. The van der Waals surface area contributed by atoms with Crippen molar-refractivity contribution in [3.63, 3.8) is 0 Å². The van der Waals surface area contributed by atoms with Crippen LogP contribution in [0.3, 0.4) is 0 Å². The van der Waals surface area contributed by atoms with Crippen LogP contribution in [0.4, 0.5) is 0 Å². The van der Waals surface area contributed by atoms with E-state index in [2.05, 4.69) is 11.8 Å². The molecule has 126 valence electrons. The topological polar surface area (TPSA) is 42.0 Å². The number of carbonyl (C=O) groups excluding carboxylic acids is 1. The molecule has 1 amide bonds. The van der Waals surface area contributed by atoms with Crippen molar-refractivity contribution in [2.75, 3.05) is 39.4 Å². The van der Waals surface area contributed by atoms with Crippen LogP contribution in [-0.4, -0.2) is 66.9 Å². The predicted octanol–water partition coefficient (Wildman–Crippen LogP) is 2.01. The lowest BCUT2D eigenvalue weighted by Gasteiger charge is -2.38. The van der Waals surface area contributed by atoms with Gasteiger partial charge in [-0.2, -0.15) is 0 Å². The molecular weight excluding hydrogens is 280 g/mol. The number of amides is 1. The van der Waals surface area contributed by atoms with Crippen molar-refractivity contribution in [3.8, 4) is 0 Å². The summed E-state index contributed by atoms with van der Waals surface area (Å²) >= 11 is 0. The highest BCUT2D eigenvalue weighted by molar-refractivity contribution is 5.76. The molecule has 1 spiro atoms. The van der Waals surface area contributed by atoms with E-state index >= 15 is 0 Å². The Balaban J connectivity index is 1.42. The minimum Gasteiger partial charge on any atom is -0.347 e. The minimum atomic E-state index is -0.378. The summed E-state index contributed by atoms with van der Waals surface area (Å²) in [5.74, 6) is -0.0787. The maximum atomic E-state index is 12.5. The molecule has 0 bridgehead atoms. The molecule has 1 unspecified atom stereocenters. The Hall–Kier alpha value is -0.650. The van der Waals surface area contributed by atoms with Crippen molar-refractivity contribution in [2.24, 2.45) is 0 Å². The first-order valence-electron chi connectivity index (χ1n) is 9.02. The lowest BCUT2D eigenvalue weighted by molar-refractivity contribution is -0.187. The molecule has 3 rings (SSSR count). The van der Waals surface area contributed by atoms with Gasteiger partial charge in [0.2, 0.25) is 5.91 Å². The summed E-state index contributed by atoms with van der Waals surface area (Å²) < 4.78 is 11.4. The first-order valence-corrected chi connectivity index (χ1v) is 9.02. The summed E-state index contributed by atoms with van der Waals surface area (Å²) in [6, 6.07) is 0.687. The summed E-state index contributed by atoms with van der Waals surface area (Å²) in [6.45, 7) is 7.29. The fraction of sp³-hybridized carbons (Fsp3) is 0.941. The Labute approximate surface area is 133 Å². The number of ether oxygens (including phenoxy) is 2. The number of rotatable bonds is 4. The maximum Gasteiger partial charge on any atom is 0.223 e. The van der Waals surface area contributed by atoms with E-state index in [1.54, 1.807) is 0 Å². The highest BCUT2D eigenvalue weighted by Crippen LogP contribution is 2.31. The SMILES string of the molecule is CCC1CCCCN1CCC(=O)N1CCC2(CC1)OCCO2. The van der Waals surface area contributed by atoms with Gasteiger partial charge in [0.05, 0.1) is 13.2 Å². The fourth-order valence-corrected chi connectivity index (χ4v) is 4.10. The second kappa shape index (κ2) is 7.28. The number of hydrogen-bond donors (Lipinski definition) is 0. The normalized spacial score (nSPS) is 29.1. The quantitative estimate of drug-likeness (QED) is 0.796. The summed E-state index contributed by atoms with van der Waals surface area (Å²) in [6.07, 6.45) is 7.43. The third-order valence-corrected chi connectivity index (χ3v) is 5.52. The van der Waals surface area contributed by atoms with Crippen LogP contribution in [0.1, 0.15) is 51.9 Å². The lowest BCUT2D eigenvalue weighted by atomic mass is 9.99. The number of piperidine rings is 2. The van der Waals surface area contributed by atoms with Gasteiger partial charge < -0.3 is 14.4 Å². The Morgan fingerprint density at radius 3 is 2.55 bits per heavy atom. The van der Waals surface area contributed by atoms with E-state index in [1.807, 2.05) is 4.90 Å². The molecule has 0 N–H and O–H groups in total. The molecule has 22 heavy (non-hydrogen) atoms. The van der Waals surface area contributed by atoms with Crippen LogP contribution >= 0.6 is 0 Å². The van der Waals surface area contributed by atoms with Crippen molar-refractivity contribution in [1.29, 1.82) is 0 Å². The van der Waals surface area contributed by atoms with E-state index in [0.717, 1.165) is 39.0 Å². The highest BCUT2D eigenvalue weighted by Gasteiger charge is 2.40. The van der Waals surface area contributed by atoms with Gasteiger partial charge in [-0.15, -0.1) is 0 Å². The lowest BCUT2D eigenvalue weighted by Crippen LogP contribution is -2.48. The Morgan fingerprint density at radius 1 is 1.14 bits per heavy atom. The molecule has 3 heterocycles. The van der Waals surface area contributed by atoms with Gasteiger partial charge in [0, 0.05) is 44.9 Å². The second-order valence-corrected chi connectivity index (χ2v) is 6.83. The van der Waals surface area contributed by atoms with Crippen LogP contribution < -0.4 is 0 Å². The van der Waals surface area contributed by atoms with E-state index in [4.69, 9.17) is 9.47 Å². The third kappa shape index (κ3) is 3.63. The zero-order valence-electron chi connectivity index (χ0n) is 13.9. The molecule has 0 saturated carbocycles. The molecule has 0 aliphatic carbocycles. The molecule has 0 aromatic heterocycles. The molecular formula is C17H30N2O3. The van der Waals surface area contributed by atoms with Gasteiger partial charge in [-0.1, -0.05) is 13.3 Å². The Morgan fingerprint density at radius 2 is 1.86 bits per heavy atom. The van der Waals surface area contributed by atoms with Crippen molar-refractivity contribution < 1.29 is 14.3 Å². The van der Waals surface area contributed by atoms with Crippen LogP contribution in [0.25, 0.3) is 0 Å². The van der Waals surface area contributed by atoms with Crippen molar-refractivity contribution in [2.45, 2.75) is 63.7 Å². The molecule has 0 aromatic carbocycles. The third-order valence-electron chi connectivity index (χ3n) is 5.52. The predicted molar refractivity (Wildman–Crippen MR) is 84.6 cm³/mol. The van der Waals surface area contributed by atoms with Gasteiger partial charge in [0.1, 0.15) is 0 Å². The fourth-order valence-electron chi connectivity index (χ4n) is 4.10. The summed E-state index contributed by atoms with van der Waals surface area (Å²) in [5.41, 5.74) is 0. The molecule has 5 heteroatoms. The standard InChI is InChI=1S/C17H30N2O3/c1-2-15-5-3-4-9-18(15)10-6-16(20)19-11-7-17(8-12-19)21-13-14-22-17/h15H,2-14H2,1H3. The minimum absolute atomic E-state index is 0.299. The van der Waals surface area contributed by atoms with Crippen LogP contribution in [0, 0.1) is 0 Å². The van der Waals surface area contributed by atoms with E-state index in [-0.39, 0.29) is 5.79 Å². The van der Waals surface area contributed by atoms with Crippen molar-refractivity contribution in [1.82, 2.24) is 9.80 Å². The van der Waals surface area contributed by atoms with Crippen molar-refractivity contribution in [3.05, 3.63) is 0 Å². The Bertz CT molecular complexity index is 372. The largest absolute Gasteiger partial charge is 0.347 e. The van der Waals surface area contributed by atoms with E-state index in [1.165, 1.54) is 25.7 Å². The van der Waals surface area contributed by atoms with Crippen LogP contribution in [0.5, 0.6) is 0 Å². The highest BCUT2D eigenvalue weighted by atomic mass is 16.7. The molecule has 0 aromatic rings. The number of carbonyl (C=O) groups is 1. The van der Waals surface area contributed by atoms with Crippen LogP contribution in [0.2, 0.25) is 0 Å². The number of nitrogens with zero attached hydrogens (tertiary/aromatic N) is 2. The van der Waals surface area contributed by atoms with Crippen molar-refractivity contribution >= 4 is 5.91 Å². The van der Waals surface area contributed by atoms with E-state index < -0.39 is 0 Å². The second-order valence-electron chi connectivity index (χ2n) is 6.83. The molecule has 3 aliphatic rings. The monoisotopic (exact) mass is 310 g/mol.